The third-order valence-electron chi connectivity index (χ3n) is 4.99. The maximum atomic E-state index is 12.6. The van der Waals surface area contributed by atoms with Gasteiger partial charge in [-0.15, -0.1) is 0 Å². The minimum atomic E-state index is 0.0238. The lowest BCUT2D eigenvalue weighted by Gasteiger charge is -2.27. The molecular formula is C20H28N4O2S. The van der Waals surface area contributed by atoms with Gasteiger partial charge in [0.25, 0.3) is 5.56 Å². The third-order valence-corrected chi connectivity index (χ3v) is 5.45. The van der Waals surface area contributed by atoms with E-state index in [0.717, 1.165) is 62.3 Å². The van der Waals surface area contributed by atoms with Crippen LogP contribution in [0.5, 0.6) is 0 Å². The highest BCUT2D eigenvalue weighted by atomic mass is 32.1. The molecule has 2 heterocycles. The SMILES string of the molecule is CN(Cc1cc2ccccc2n(C)c1=O)C(=S)NCCCN1CCOCC1. The van der Waals surface area contributed by atoms with Crippen LogP contribution in [0.2, 0.25) is 0 Å². The lowest BCUT2D eigenvalue weighted by atomic mass is 10.1. The predicted molar refractivity (Wildman–Crippen MR) is 113 cm³/mol. The van der Waals surface area contributed by atoms with Gasteiger partial charge in [-0.05, 0) is 42.7 Å². The van der Waals surface area contributed by atoms with Gasteiger partial charge < -0.3 is 19.5 Å². The van der Waals surface area contributed by atoms with E-state index < -0.39 is 0 Å². The van der Waals surface area contributed by atoms with Crippen LogP contribution in [0.25, 0.3) is 10.9 Å². The Balaban J connectivity index is 1.52. The molecule has 1 aliphatic rings. The zero-order valence-electron chi connectivity index (χ0n) is 16.1. The minimum absolute atomic E-state index is 0.0238. The van der Waals surface area contributed by atoms with E-state index in [0.29, 0.717) is 11.7 Å². The van der Waals surface area contributed by atoms with Gasteiger partial charge >= 0.3 is 0 Å². The number of benzene rings is 1. The molecule has 0 saturated carbocycles. The Kier molecular flexibility index (Phi) is 6.82. The Morgan fingerprint density at radius 1 is 1.30 bits per heavy atom. The molecule has 6 nitrogen and oxygen atoms in total. The van der Waals surface area contributed by atoms with Crippen molar-refractivity contribution in [2.45, 2.75) is 13.0 Å². The summed E-state index contributed by atoms with van der Waals surface area (Å²) in [6.07, 6.45) is 1.03. The fourth-order valence-corrected chi connectivity index (χ4v) is 3.55. The molecule has 1 fully saturated rings. The Labute approximate surface area is 165 Å². The van der Waals surface area contributed by atoms with Crippen LogP contribution in [-0.2, 0) is 18.3 Å². The van der Waals surface area contributed by atoms with Gasteiger partial charge in [0, 0.05) is 39.3 Å². The number of aryl methyl sites for hydroxylation is 1. The molecule has 0 unspecified atom stereocenters. The number of fused-ring (bicyclic) bond motifs is 1. The molecule has 0 atom stereocenters. The largest absolute Gasteiger partial charge is 0.379 e. The van der Waals surface area contributed by atoms with E-state index in [1.54, 1.807) is 4.57 Å². The van der Waals surface area contributed by atoms with E-state index in [-0.39, 0.29) is 5.56 Å². The van der Waals surface area contributed by atoms with Crippen LogP contribution in [0.4, 0.5) is 0 Å². The molecule has 0 radical (unpaired) electrons. The molecule has 0 spiro atoms. The smallest absolute Gasteiger partial charge is 0.255 e. The number of thiocarbonyl (C=S) groups is 1. The van der Waals surface area contributed by atoms with Crippen molar-refractivity contribution in [3.63, 3.8) is 0 Å². The molecule has 1 aromatic heterocycles. The van der Waals surface area contributed by atoms with Crippen LogP contribution in [0, 0.1) is 0 Å². The summed E-state index contributed by atoms with van der Waals surface area (Å²) in [7, 11) is 3.74. The Bertz CT molecular complexity index is 845. The second-order valence-corrected chi connectivity index (χ2v) is 7.37. The molecule has 27 heavy (non-hydrogen) atoms. The number of nitrogens with zero attached hydrogens (tertiary/aromatic N) is 3. The molecule has 1 aliphatic heterocycles. The number of hydrogen-bond donors (Lipinski definition) is 1. The fourth-order valence-electron chi connectivity index (χ4n) is 3.39. The van der Waals surface area contributed by atoms with Crippen LogP contribution in [0.15, 0.2) is 35.1 Å². The number of hydrogen-bond acceptors (Lipinski definition) is 4. The van der Waals surface area contributed by atoms with Crippen molar-refractivity contribution in [2.24, 2.45) is 7.05 Å². The van der Waals surface area contributed by atoms with Crippen LogP contribution in [-0.4, -0.2) is 65.9 Å². The zero-order valence-corrected chi connectivity index (χ0v) is 16.9. The molecule has 1 saturated heterocycles. The minimum Gasteiger partial charge on any atom is -0.379 e. The van der Waals surface area contributed by atoms with Crippen LogP contribution < -0.4 is 10.9 Å². The molecule has 1 N–H and O–H groups in total. The average Bonchev–Trinajstić information content (AvgIpc) is 2.69. The van der Waals surface area contributed by atoms with Crippen molar-refractivity contribution < 1.29 is 4.74 Å². The van der Waals surface area contributed by atoms with Crippen molar-refractivity contribution in [2.75, 3.05) is 46.4 Å². The number of pyridine rings is 1. The average molecular weight is 389 g/mol. The van der Waals surface area contributed by atoms with E-state index in [4.69, 9.17) is 17.0 Å². The number of para-hydroxylation sites is 1. The highest BCUT2D eigenvalue weighted by molar-refractivity contribution is 7.80. The van der Waals surface area contributed by atoms with Gasteiger partial charge in [0.1, 0.15) is 0 Å². The quantitative estimate of drug-likeness (QED) is 0.599. The van der Waals surface area contributed by atoms with Gasteiger partial charge in [0.2, 0.25) is 0 Å². The first-order chi connectivity index (χ1) is 13.1. The summed E-state index contributed by atoms with van der Waals surface area (Å²) >= 11 is 5.49. The maximum Gasteiger partial charge on any atom is 0.255 e. The van der Waals surface area contributed by atoms with E-state index in [1.807, 2.05) is 49.3 Å². The zero-order chi connectivity index (χ0) is 19.2. The molecule has 146 valence electrons. The van der Waals surface area contributed by atoms with Gasteiger partial charge in [0.05, 0.1) is 25.3 Å². The first-order valence-corrected chi connectivity index (χ1v) is 9.84. The number of nitrogens with one attached hydrogen (secondary N) is 1. The summed E-state index contributed by atoms with van der Waals surface area (Å²) in [5.41, 5.74) is 1.71. The molecule has 7 heteroatoms. The highest BCUT2D eigenvalue weighted by Gasteiger charge is 2.12. The van der Waals surface area contributed by atoms with Crippen LogP contribution in [0.1, 0.15) is 12.0 Å². The first kappa shape index (κ1) is 19.8. The number of rotatable bonds is 6. The second-order valence-electron chi connectivity index (χ2n) is 6.99. The summed E-state index contributed by atoms with van der Waals surface area (Å²) in [6, 6.07) is 9.89. The number of ether oxygens (including phenoxy) is 1. The normalized spacial score (nSPS) is 15.0. The third kappa shape index (κ3) is 5.06. The van der Waals surface area contributed by atoms with E-state index in [1.165, 1.54) is 0 Å². The summed E-state index contributed by atoms with van der Waals surface area (Å²) in [5.74, 6) is 0. The van der Waals surface area contributed by atoms with Crippen molar-refractivity contribution in [3.8, 4) is 0 Å². The monoisotopic (exact) mass is 388 g/mol. The Morgan fingerprint density at radius 3 is 2.81 bits per heavy atom. The van der Waals surface area contributed by atoms with Gasteiger partial charge in [-0.25, -0.2) is 0 Å². The molecule has 3 rings (SSSR count). The Hall–Kier alpha value is -1.96. The van der Waals surface area contributed by atoms with E-state index in [9.17, 15) is 4.79 Å². The van der Waals surface area contributed by atoms with E-state index in [2.05, 4.69) is 10.2 Å². The lowest BCUT2D eigenvalue weighted by Crippen LogP contribution is -2.41. The van der Waals surface area contributed by atoms with Crippen molar-refractivity contribution in [1.82, 2.24) is 19.7 Å². The predicted octanol–water partition coefficient (Wildman–Crippen LogP) is 1.57. The fraction of sp³-hybridized carbons (Fsp3) is 0.500. The van der Waals surface area contributed by atoms with Gasteiger partial charge in [-0.1, -0.05) is 18.2 Å². The number of aromatic nitrogens is 1. The number of morpholine rings is 1. The van der Waals surface area contributed by atoms with Crippen molar-refractivity contribution in [1.29, 1.82) is 0 Å². The second kappa shape index (κ2) is 9.30. The molecular weight excluding hydrogens is 360 g/mol. The van der Waals surface area contributed by atoms with Gasteiger partial charge in [0.15, 0.2) is 5.11 Å². The van der Waals surface area contributed by atoms with Gasteiger partial charge in [-0.2, -0.15) is 0 Å². The topological polar surface area (TPSA) is 49.7 Å². The van der Waals surface area contributed by atoms with Crippen molar-refractivity contribution >= 4 is 28.2 Å². The molecule has 1 aromatic carbocycles. The summed E-state index contributed by atoms with van der Waals surface area (Å²) in [5, 5.41) is 5.04. The van der Waals surface area contributed by atoms with Gasteiger partial charge in [-0.3, -0.25) is 9.69 Å². The summed E-state index contributed by atoms with van der Waals surface area (Å²) in [6.45, 7) is 6.05. The Morgan fingerprint density at radius 2 is 2.04 bits per heavy atom. The lowest BCUT2D eigenvalue weighted by molar-refractivity contribution is 0.0376. The summed E-state index contributed by atoms with van der Waals surface area (Å²) in [4.78, 5) is 17.0. The van der Waals surface area contributed by atoms with Crippen molar-refractivity contribution in [3.05, 3.63) is 46.2 Å². The standard InChI is InChI=1S/C20H28N4O2S/c1-22(20(27)21-8-5-9-24-10-12-26-13-11-24)15-17-14-16-6-3-4-7-18(16)23(2)19(17)25/h3-4,6-7,14H,5,8-13,15H2,1-2H3,(H,21,27). The molecule has 0 amide bonds. The molecule has 2 aromatic rings. The molecule has 0 aliphatic carbocycles. The maximum absolute atomic E-state index is 12.6. The van der Waals surface area contributed by atoms with E-state index >= 15 is 0 Å². The highest BCUT2D eigenvalue weighted by Crippen LogP contribution is 2.13. The van der Waals surface area contributed by atoms with Crippen LogP contribution in [0.3, 0.4) is 0 Å². The summed E-state index contributed by atoms with van der Waals surface area (Å²) < 4.78 is 7.07. The van der Waals surface area contributed by atoms with Crippen LogP contribution >= 0.6 is 12.2 Å². The molecule has 0 bridgehead atoms. The first-order valence-electron chi connectivity index (χ1n) is 9.43.